The van der Waals surface area contributed by atoms with Crippen LogP contribution in [0.2, 0.25) is 0 Å². The van der Waals surface area contributed by atoms with Crippen molar-refractivity contribution < 1.29 is 18.3 Å². The van der Waals surface area contributed by atoms with Crippen LogP contribution in [0.15, 0.2) is 33.1 Å². The van der Waals surface area contributed by atoms with Crippen molar-refractivity contribution in [3.63, 3.8) is 0 Å². The zero-order valence-corrected chi connectivity index (χ0v) is 14.3. The Hall–Kier alpha value is -1.16. The van der Waals surface area contributed by atoms with E-state index in [0.717, 1.165) is 15.4 Å². The zero-order chi connectivity index (χ0) is 15.6. The minimum atomic E-state index is -3.75. The Balaban J connectivity index is 2.23. The molecule has 0 atom stereocenters. The van der Waals surface area contributed by atoms with Crippen molar-refractivity contribution in [1.29, 1.82) is 0 Å². The third-order valence-electron chi connectivity index (χ3n) is 2.86. The summed E-state index contributed by atoms with van der Waals surface area (Å²) in [5.74, 6) is -1.15. The van der Waals surface area contributed by atoms with Gasteiger partial charge in [-0.15, -0.1) is 11.3 Å². The number of hydrogen-bond donors (Lipinski definition) is 2. The van der Waals surface area contributed by atoms with E-state index in [-0.39, 0.29) is 17.1 Å². The molecule has 0 saturated carbocycles. The average molecular weight is 393 g/mol. The SMILES string of the molecule is CCn1cc(S(=O)(=O)NCc2sccc2Br)cc1C(=O)O. The highest BCUT2D eigenvalue weighted by Gasteiger charge is 2.21. The van der Waals surface area contributed by atoms with Crippen LogP contribution >= 0.6 is 27.3 Å². The summed E-state index contributed by atoms with van der Waals surface area (Å²) < 4.78 is 29.1. The highest BCUT2D eigenvalue weighted by molar-refractivity contribution is 9.10. The number of nitrogens with zero attached hydrogens (tertiary/aromatic N) is 1. The number of rotatable bonds is 6. The molecule has 0 spiro atoms. The Labute approximate surface area is 134 Å². The number of nitrogens with one attached hydrogen (secondary N) is 1. The van der Waals surface area contributed by atoms with Crippen molar-refractivity contribution in [3.8, 4) is 0 Å². The molecule has 6 nitrogen and oxygen atoms in total. The molecule has 0 aliphatic carbocycles. The molecular formula is C12H13BrN2O4S2. The van der Waals surface area contributed by atoms with Gasteiger partial charge in [-0.3, -0.25) is 0 Å². The lowest BCUT2D eigenvalue weighted by Gasteiger charge is -2.04. The highest BCUT2D eigenvalue weighted by atomic mass is 79.9. The number of aromatic nitrogens is 1. The van der Waals surface area contributed by atoms with Crippen LogP contribution in [0.3, 0.4) is 0 Å². The predicted octanol–water partition coefficient (Wildman–Crippen LogP) is 2.51. The Morgan fingerprint density at radius 3 is 2.71 bits per heavy atom. The second kappa shape index (κ2) is 6.30. The summed E-state index contributed by atoms with van der Waals surface area (Å²) in [5.41, 5.74) is -0.0461. The molecule has 0 aliphatic heterocycles. The van der Waals surface area contributed by atoms with Crippen molar-refractivity contribution >= 4 is 43.3 Å². The summed E-state index contributed by atoms with van der Waals surface area (Å²) in [5, 5.41) is 10.9. The van der Waals surface area contributed by atoms with E-state index in [1.807, 2.05) is 11.4 Å². The first-order valence-electron chi connectivity index (χ1n) is 6.00. The van der Waals surface area contributed by atoms with E-state index < -0.39 is 16.0 Å². The maximum atomic E-state index is 12.2. The molecule has 2 heterocycles. The summed E-state index contributed by atoms with van der Waals surface area (Å²) in [7, 11) is -3.75. The predicted molar refractivity (Wildman–Crippen MR) is 83.1 cm³/mol. The maximum absolute atomic E-state index is 12.2. The lowest BCUT2D eigenvalue weighted by Crippen LogP contribution is -2.22. The summed E-state index contributed by atoms with van der Waals surface area (Å²) in [6.07, 6.45) is 1.33. The van der Waals surface area contributed by atoms with Gasteiger partial charge in [-0.1, -0.05) is 0 Å². The van der Waals surface area contributed by atoms with E-state index in [9.17, 15) is 13.2 Å². The topological polar surface area (TPSA) is 88.4 Å². The van der Waals surface area contributed by atoms with E-state index in [2.05, 4.69) is 20.7 Å². The molecule has 0 fully saturated rings. The average Bonchev–Trinajstić information content (AvgIpc) is 3.02. The van der Waals surface area contributed by atoms with Crippen LogP contribution in [0, 0.1) is 0 Å². The molecular weight excluding hydrogens is 380 g/mol. The van der Waals surface area contributed by atoms with Crippen LogP contribution < -0.4 is 4.72 Å². The van der Waals surface area contributed by atoms with Gasteiger partial charge in [-0.05, 0) is 40.4 Å². The third kappa shape index (κ3) is 3.54. The lowest BCUT2D eigenvalue weighted by molar-refractivity contribution is 0.0685. The van der Waals surface area contributed by atoms with Crippen molar-refractivity contribution in [1.82, 2.24) is 9.29 Å². The first-order valence-corrected chi connectivity index (χ1v) is 9.15. The summed E-state index contributed by atoms with van der Waals surface area (Å²) >= 11 is 4.76. The Morgan fingerprint density at radius 1 is 1.52 bits per heavy atom. The van der Waals surface area contributed by atoms with Gasteiger partial charge < -0.3 is 9.67 Å². The molecule has 21 heavy (non-hydrogen) atoms. The first kappa shape index (κ1) is 16.2. The highest BCUT2D eigenvalue weighted by Crippen LogP contribution is 2.23. The van der Waals surface area contributed by atoms with Gasteiger partial charge in [0.05, 0.1) is 0 Å². The van der Waals surface area contributed by atoms with Gasteiger partial charge in [0.2, 0.25) is 10.0 Å². The van der Waals surface area contributed by atoms with Gasteiger partial charge >= 0.3 is 5.97 Å². The number of carbonyl (C=O) groups is 1. The van der Waals surface area contributed by atoms with Crippen LogP contribution in [0.1, 0.15) is 22.3 Å². The molecule has 0 unspecified atom stereocenters. The third-order valence-corrected chi connectivity index (χ3v) is 6.15. The maximum Gasteiger partial charge on any atom is 0.352 e. The quantitative estimate of drug-likeness (QED) is 0.790. The Bertz CT molecular complexity index is 764. The molecule has 9 heteroatoms. The van der Waals surface area contributed by atoms with E-state index >= 15 is 0 Å². The van der Waals surface area contributed by atoms with E-state index in [0.29, 0.717) is 6.54 Å². The fourth-order valence-electron chi connectivity index (χ4n) is 1.77. The molecule has 114 valence electrons. The van der Waals surface area contributed by atoms with E-state index in [1.165, 1.54) is 22.1 Å². The van der Waals surface area contributed by atoms with E-state index in [4.69, 9.17) is 5.11 Å². The number of hydrogen-bond acceptors (Lipinski definition) is 4. The molecule has 2 N–H and O–H groups in total. The van der Waals surface area contributed by atoms with Gasteiger partial charge in [0.1, 0.15) is 10.6 Å². The normalized spacial score (nSPS) is 11.7. The minimum Gasteiger partial charge on any atom is -0.477 e. The fraction of sp³-hybridized carbons (Fsp3) is 0.250. The smallest absolute Gasteiger partial charge is 0.352 e. The number of carboxylic acids is 1. The molecule has 2 aromatic heterocycles. The summed E-state index contributed by atoms with van der Waals surface area (Å²) in [6, 6.07) is 3.00. The number of sulfonamides is 1. The molecule has 0 amide bonds. The number of thiophene rings is 1. The van der Waals surface area contributed by atoms with Crippen molar-refractivity contribution in [2.75, 3.05) is 0 Å². The molecule has 0 bridgehead atoms. The number of aryl methyl sites for hydroxylation is 1. The number of carboxylic acid groups (broad SMARTS) is 1. The molecule has 0 aromatic carbocycles. The van der Waals surface area contributed by atoms with E-state index in [1.54, 1.807) is 6.92 Å². The van der Waals surface area contributed by atoms with Crippen LogP contribution in [0.5, 0.6) is 0 Å². The second-order valence-electron chi connectivity index (χ2n) is 4.17. The monoisotopic (exact) mass is 392 g/mol. The number of halogens is 1. The Kier molecular flexibility index (Phi) is 4.87. The second-order valence-corrected chi connectivity index (χ2v) is 7.79. The molecule has 2 aromatic rings. The van der Waals surface area contributed by atoms with Gasteiger partial charge in [0.15, 0.2) is 0 Å². The summed E-state index contributed by atoms with van der Waals surface area (Å²) in [4.78, 5) is 11.9. The van der Waals surface area contributed by atoms with Crippen molar-refractivity contribution in [2.24, 2.45) is 0 Å². The van der Waals surface area contributed by atoms with Crippen LogP contribution in [0.25, 0.3) is 0 Å². The van der Waals surface area contributed by atoms with Gasteiger partial charge in [0, 0.05) is 28.6 Å². The zero-order valence-electron chi connectivity index (χ0n) is 11.0. The molecule has 0 radical (unpaired) electrons. The standard InChI is InChI=1S/C12H13BrN2O4S2/c1-2-15-7-8(5-10(15)12(16)17)21(18,19)14-6-11-9(13)3-4-20-11/h3-5,7,14H,2,6H2,1H3,(H,16,17). The molecule has 2 rings (SSSR count). The van der Waals surface area contributed by atoms with Gasteiger partial charge in [-0.25, -0.2) is 17.9 Å². The molecule has 0 aliphatic rings. The fourth-order valence-corrected chi connectivity index (χ4v) is 4.32. The van der Waals surface area contributed by atoms with Gasteiger partial charge in [0.25, 0.3) is 0 Å². The van der Waals surface area contributed by atoms with Crippen LogP contribution in [-0.2, 0) is 23.1 Å². The Morgan fingerprint density at radius 2 is 2.24 bits per heavy atom. The minimum absolute atomic E-state index is 0.0461. The van der Waals surface area contributed by atoms with Crippen LogP contribution in [0.4, 0.5) is 0 Å². The molecule has 0 saturated heterocycles. The van der Waals surface area contributed by atoms with Gasteiger partial charge in [-0.2, -0.15) is 0 Å². The van der Waals surface area contributed by atoms with Crippen molar-refractivity contribution in [3.05, 3.63) is 38.8 Å². The van der Waals surface area contributed by atoms with Crippen molar-refractivity contribution in [2.45, 2.75) is 24.9 Å². The lowest BCUT2D eigenvalue weighted by atomic mass is 10.4. The first-order chi connectivity index (χ1) is 9.85. The number of aromatic carboxylic acids is 1. The largest absolute Gasteiger partial charge is 0.477 e. The van der Waals surface area contributed by atoms with Crippen LogP contribution in [-0.4, -0.2) is 24.1 Å². The summed E-state index contributed by atoms with van der Waals surface area (Å²) in [6.45, 7) is 2.28.